The molecule has 0 bridgehead atoms. The summed E-state index contributed by atoms with van der Waals surface area (Å²) >= 11 is 5.49. The average molecular weight is 299 g/mol. The minimum Gasteiger partial charge on any atom is -0.359 e. The molecule has 0 saturated heterocycles. The highest BCUT2D eigenvalue weighted by Gasteiger charge is 2.21. The molecule has 0 radical (unpaired) electrons. The molecule has 1 aliphatic carbocycles. The van der Waals surface area contributed by atoms with Gasteiger partial charge in [-0.15, -0.1) is 0 Å². The third-order valence-corrected chi connectivity index (χ3v) is 4.58. The molecule has 0 aliphatic heterocycles. The summed E-state index contributed by atoms with van der Waals surface area (Å²) < 4.78 is 0. The van der Waals surface area contributed by atoms with Crippen LogP contribution in [0.2, 0.25) is 0 Å². The number of nitrogens with one attached hydrogen (secondary N) is 2. The number of aromatic nitrogens is 1. The van der Waals surface area contributed by atoms with Gasteiger partial charge in [-0.25, -0.2) is 0 Å². The highest BCUT2D eigenvalue weighted by atomic mass is 32.1. The van der Waals surface area contributed by atoms with Crippen molar-refractivity contribution in [3.8, 4) is 0 Å². The molecule has 1 aliphatic rings. The summed E-state index contributed by atoms with van der Waals surface area (Å²) in [5.41, 5.74) is 1.04. The summed E-state index contributed by atoms with van der Waals surface area (Å²) in [6.45, 7) is 2.31. The van der Waals surface area contributed by atoms with E-state index >= 15 is 0 Å². The number of nitrogens with zero attached hydrogens (tertiary/aromatic N) is 1. The number of pyridine rings is 1. The Bertz CT molecular complexity index is 635. The standard InChI is InChI=1S/C17H21N3S/c1-12-5-2-3-7-15(12)19-17(21)20-16-8-4-6-13-11-18-10-9-14(13)16/h4,6,8-12,15H,2-3,5,7H2,1H3,(H2,19,20,21)/t12-,15+/m1/s1. The molecule has 110 valence electrons. The zero-order chi connectivity index (χ0) is 14.7. The van der Waals surface area contributed by atoms with Crippen LogP contribution in [-0.4, -0.2) is 16.1 Å². The van der Waals surface area contributed by atoms with Crippen molar-refractivity contribution in [3.05, 3.63) is 36.7 Å². The Balaban J connectivity index is 1.71. The van der Waals surface area contributed by atoms with Crippen LogP contribution in [0.15, 0.2) is 36.7 Å². The van der Waals surface area contributed by atoms with E-state index in [0.29, 0.717) is 12.0 Å². The molecule has 1 fully saturated rings. The van der Waals surface area contributed by atoms with E-state index in [1.165, 1.54) is 25.7 Å². The van der Waals surface area contributed by atoms with E-state index in [-0.39, 0.29) is 0 Å². The fraction of sp³-hybridized carbons (Fsp3) is 0.412. The van der Waals surface area contributed by atoms with Crippen molar-refractivity contribution < 1.29 is 0 Å². The maximum Gasteiger partial charge on any atom is 0.171 e. The minimum atomic E-state index is 0.496. The van der Waals surface area contributed by atoms with E-state index in [1.807, 2.05) is 24.5 Å². The predicted octanol–water partition coefficient (Wildman–Crippen LogP) is 4.10. The van der Waals surface area contributed by atoms with Crippen molar-refractivity contribution in [1.82, 2.24) is 10.3 Å². The Morgan fingerprint density at radius 3 is 2.95 bits per heavy atom. The molecule has 4 heteroatoms. The second-order valence-electron chi connectivity index (χ2n) is 5.87. The zero-order valence-corrected chi connectivity index (χ0v) is 13.1. The summed E-state index contributed by atoms with van der Waals surface area (Å²) in [5, 5.41) is 9.82. The zero-order valence-electron chi connectivity index (χ0n) is 12.3. The highest BCUT2D eigenvalue weighted by molar-refractivity contribution is 7.80. The third-order valence-electron chi connectivity index (χ3n) is 4.36. The molecule has 1 saturated carbocycles. The predicted molar refractivity (Wildman–Crippen MR) is 92.5 cm³/mol. The molecular formula is C17H21N3S. The molecule has 0 unspecified atom stereocenters. The number of thiocarbonyl (C=S) groups is 1. The lowest BCUT2D eigenvalue weighted by Crippen LogP contribution is -2.43. The summed E-state index contributed by atoms with van der Waals surface area (Å²) in [6.07, 6.45) is 8.83. The van der Waals surface area contributed by atoms with Crippen LogP contribution in [0, 0.1) is 5.92 Å². The molecule has 0 amide bonds. The Labute approximate surface area is 131 Å². The van der Waals surface area contributed by atoms with Gasteiger partial charge in [-0.2, -0.15) is 0 Å². The summed E-state index contributed by atoms with van der Waals surface area (Å²) in [7, 11) is 0. The molecule has 1 heterocycles. The number of hydrogen-bond donors (Lipinski definition) is 2. The van der Waals surface area contributed by atoms with Gasteiger partial charge < -0.3 is 10.6 Å². The lowest BCUT2D eigenvalue weighted by atomic mass is 9.86. The molecule has 2 N–H and O–H groups in total. The van der Waals surface area contributed by atoms with E-state index in [2.05, 4.69) is 34.7 Å². The molecule has 3 nitrogen and oxygen atoms in total. The van der Waals surface area contributed by atoms with E-state index in [1.54, 1.807) is 0 Å². The number of anilines is 1. The SMILES string of the molecule is C[C@@H]1CCCC[C@@H]1NC(=S)Nc1cccc2cnccc12. The lowest BCUT2D eigenvalue weighted by Gasteiger charge is -2.30. The molecule has 1 aromatic heterocycles. The van der Waals surface area contributed by atoms with Gasteiger partial charge in [-0.05, 0) is 43.1 Å². The van der Waals surface area contributed by atoms with E-state index in [4.69, 9.17) is 12.2 Å². The second kappa shape index (κ2) is 6.39. The van der Waals surface area contributed by atoms with Crippen molar-refractivity contribution >= 4 is 33.8 Å². The van der Waals surface area contributed by atoms with E-state index in [9.17, 15) is 0 Å². The molecular weight excluding hydrogens is 278 g/mol. The smallest absolute Gasteiger partial charge is 0.171 e. The van der Waals surface area contributed by atoms with Gasteiger partial charge in [-0.3, -0.25) is 4.98 Å². The normalized spacial score (nSPS) is 22.0. The first-order valence-electron chi connectivity index (χ1n) is 7.64. The Morgan fingerprint density at radius 2 is 2.10 bits per heavy atom. The van der Waals surface area contributed by atoms with E-state index < -0.39 is 0 Å². The van der Waals surface area contributed by atoms with Crippen LogP contribution in [0.4, 0.5) is 5.69 Å². The quantitative estimate of drug-likeness (QED) is 0.819. The van der Waals surface area contributed by atoms with Crippen LogP contribution in [-0.2, 0) is 0 Å². The fourth-order valence-electron chi connectivity index (χ4n) is 3.09. The molecule has 2 aromatic rings. The van der Waals surface area contributed by atoms with Gasteiger partial charge in [0, 0.05) is 34.9 Å². The molecule has 0 spiro atoms. The monoisotopic (exact) mass is 299 g/mol. The molecule has 2 atom stereocenters. The van der Waals surface area contributed by atoms with Crippen molar-refractivity contribution in [1.29, 1.82) is 0 Å². The highest BCUT2D eigenvalue weighted by Crippen LogP contribution is 2.25. The van der Waals surface area contributed by atoms with Crippen LogP contribution in [0.3, 0.4) is 0 Å². The van der Waals surface area contributed by atoms with Crippen LogP contribution in [0.5, 0.6) is 0 Å². The second-order valence-corrected chi connectivity index (χ2v) is 6.28. The first-order chi connectivity index (χ1) is 10.2. The van der Waals surface area contributed by atoms with Gasteiger partial charge in [0.2, 0.25) is 0 Å². The van der Waals surface area contributed by atoms with Gasteiger partial charge in [0.1, 0.15) is 0 Å². The van der Waals surface area contributed by atoms with Crippen molar-refractivity contribution in [3.63, 3.8) is 0 Å². The fourth-order valence-corrected chi connectivity index (χ4v) is 3.35. The number of benzene rings is 1. The number of fused-ring (bicyclic) bond motifs is 1. The topological polar surface area (TPSA) is 37.0 Å². The Hall–Kier alpha value is -1.68. The van der Waals surface area contributed by atoms with Gasteiger partial charge in [0.05, 0.1) is 0 Å². The van der Waals surface area contributed by atoms with Gasteiger partial charge in [0.25, 0.3) is 0 Å². The van der Waals surface area contributed by atoms with Crippen LogP contribution < -0.4 is 10.6 Å². The Morgan fingerprint density at radius 1 is 1.24 bits per heavy atom. The first-order valence-corrected chi connectivity index (χ1v) is 8.05. The minimum absolute atomic E-state index is 0.496. The maximum absolute atomic E-state index is 5.49. The largest absolute Gasteiger partial charge is 0.359 e. The van der Waals surface area contributed by atoms with Crippen molar-refractivity contribution in [2.45, 2.75) is 38.6 Å². The molecule has 1 aromatic carbocycles. The summed E-state index contributed by atoms with van der Waals surface area (Å²) in [5.74, 6) is 0.690. The number of rotatable bonds is 2. The van der Waals surface area contributed by atoms with Crippen LogP contribution in [0.25, 0.3) is 10.8 Å². The van der Waals surface area contributed by atoms with Crippen molar-refractivity contribution in [2.75, 3.05) is 5.32 Å². The van der Waals surface area contributed by atoms with Crippen LogP contribution >= 0.6 is 12.2 Å². The van der Waals surface area contributed by atoms with Crippen LogP contribution in [0.1, 0.15) is 32.6 Å². The number of hydrogen-bond acceptors (Lipinski definition) is 2. The lowest BCUT2D eigenvalue weighted by molar-refractivity contribution is 0.309. The van der Waals surface area contributed by atoms with E-state index in [0.717, 1.165) is 21.6 Å². The summed E-state index contributed by atoms with van der Waals surface area (Å²) in [6, 6.07) is 8.66. The third kappa shape index (κ3) is 3.32. The van der Waals surface area contributed by atoms with Gasteiger partial charge in [-0.1, -0.05) is 31.9 Å². The Kier molecular flexibility index (Phi) is 4.34. The van der Waals surface area contributed by atoms with Gasteiger partial charge >= 0.3 is 0 Å². The average Bonchev–Trinajstić information content (AvgIpc) is 2.50. The van der Waals surface area contributed by atoms with Gasteiger partial charge in [0.15, 0.2) is 5.11 Å². The first kappa shape index (κ1) is 14.3. The maximum atomic E-state index is 5.49. The van der Waals surface area contributed by atoms with Crippen molar-refractivity contribution in [2.24, 2.45) is 5.92 Å². The summed E-state index contributed by atoms with van der Waals surface area (Å²) in [4.78, 5) is 4.16. The molecule has 21 heavy (non-hydrogen) atoms. The molecule has 3 rings (SSSR count).